The second-order valence-corrected chi connectivity index (χ2v) is 5.64. The first kappa shape index (κ1) is 14.6. The predicted molar refractivity (Wildman–Crippen MR) is 86.7 cm³/mol. The molecular weight excluding hydrogens is 371 g/mol. The van der Waals surface area contributed by atoms with Crippen molar-refractivity contribution >= 4 is 34.0 Å². The summed E-state index contributed by atoms with van der Waals surface area (Å²) in [6.07, 6.45) is 0. The molecule has 0 saturated carbocycles. The van der Waals surface area contributed by atoms with Crippen LogP contribution in [0.4, 0.5) is 11.4 Å². The third-order valence-corrected chi connectivity index (χ3v) is 3.28. The Morgan fingerprint density at radius 1 is 1.10 bits per heavy atom. The van der Waals surface area contributed by atoms with Crippen molar-refractivity contribution in [3.8, 4) is 11.5 Å². The average molecular weight is 384 g/mol. The topological polar surface area (TPSA) is 55.6 Å². The lowest BCUT2D eigenvalue weighted by atomic mass is 10.2. The molecule has 0 unspecified atom stereocenters. The molecule has 0 spiro atoms. The standard InChI is InChI=1S/C14H13IN2O3/c1-16(2)12-7-10(15)8-14(9-12)20-13-5-3-11(4-6-13)17(18)19/h3-9H,1-2H3. The molecule has 2 aromatic carbocycles. The van der Waals surface area contributed by atoms with Crippen LogP contribution in [0.1, 0.15) is 0 Å². The fourth-order valence-corrected chi connectivity index (χ4v) is 2.26. The Morgan fingerprint density at radius 2 is 1.75 bits per heavy atom. The van der Waals surface area contributed by atoms with E-state index in [2.05, 4.69) is 22.6 Å². The molecule has 0 aliphatic carbocycles. The zero-order chi connectivity index (χ0) is 14.7. The molecule has 0 radical (unpaired) electrons. The third-order valence-electron chi connectivity index (χ3n) is 2.66. The molecule has 20 heavy (non-hydrogen) atoms. The maximum atomic E-state index is 10.6. The third kappa shape index (κ3) is 3.60. The van der Waals surface area contributed by atoms with E-state index in [0.29, 0.717) is 11.5 Å². The molecule has 5 nitrogen and oxygen atoms in total. The number of rotatable bonds is 4. The number of benzene rings is 2. The number of nitrogens with zero attached hydrogens (tertiary/aromatic N) is 2. The molecule has 0 saturated heterocycles. The Hall–Kier alpha value is -1.83. The van der Waals surface area contributed by atoms with Gasteiger partial charge in [-0.3, -0.25) is 10.1 Å². The van der Waals surface area contributed by atoms with Gasteiger partial charge in [-0.25, -0.2) is 0 Å². The zero-order valence-corrected chi connectivity index (χ0v) is 13.2. The minimum Gasteiger partial charge on any atom is -0.457 e. The van der Waals surface area contributed by atoms with E-state index in [0.717, 1.165) is 9.26 Å². The zero-order valence-electron chi connectivity index (χ0n) is 11.0. The van der Waals surface area contributed by atoms with E-state index in [9.17, 15) is 10.1 Å². The van der Waals surface area contributed by atoms with Gasteiger partial charge in [0.2, 0.25) is 0 Å². The lowest BCUT2D eigenvalue weighted by molar-refractivity contribution is -0.384. The van der Waals surface area contributed by atoms with Gasteiger partial charge in [0.05, 0.1) is 4.92 Å². The first-order chi connectivity index (χ1) is 9.45. The minimum absolute atomic E-state index is 0.0500. The Labute approximate surface area is 130 Å². The van der Waals surface area contributed by atoms with Crippen LogP contribution in [0.15, 0.2) is 42.5 Å². The molecule has 6 heteroatoms. The molecule has 2 rings (SSSR count). The van der Waals surface area contributed by atoms with Crippen LogP contribution in [-0.2, 0) is 0 Å². The summed E-state index contributed by atoms with van der Waals surface area (Å²) in [7, 11) is 3.92. The van der Waals surface area contributed by atoms with E-state index in [1.165, 1.54) is 12.1 Å². The Morgan fingerprint density at radius 3 is 2.30 bits per heavy atom. The predicted octanol–water partition coefficient (Wildman–Crippen LogP) is 4.06. The first-order valence-corrected chi connectivity index (χ1v) is 6.94. The molecule has 0 N–H and O–H groups in total. The van der Waals surface area contributed by atoms with Crippen LogP contribution in [0.2, 0.25) is 0 Å². The van der Waals surface area contributed by atoms with Crippen LogP contribution >= 0.6 is 22.6 Å². The number of nitro benzene ring substituents is 1. The lowest BCUT2D eigenvalue weighted by Crippen LogP contribution is -2.08. The Kier molecular flexibility index (Phi) is 4.43. The molecule has 0 fully saturated rings. The molecule has 0 aromatic heterocycles. The number of halogens is 1. The Bertz CT molecular complexity index is 627. The number of nitro groups is 1. The quantitative estimate of drug-likeness (QED) is 0.453. The van der Waals surface area contributed by atoms with Crippen molar-refractivity contribution in [3.63, 3.8) is 0 Å². The summed E-state index contributed by atoms with van der Waals surface area (Å²) < 4.78 is 6.79. The normalized spacial score (nSPS) is 10.2. The van der Waals surface area contributed by atoms with Gasteiger partial charge in [-0.1, -0.05) is 0 Å². The van der Waals surface area contributed by atoms with E-state index in [1.54, 1.807) is 12.1 Å². The van der Waals surface area contributed by atoms with Gasteiger partial charge >= 0.3 is 0 Å². The van der Waals surface area contributed by atoms with E-state index in [-0.39, 0.29) is 5.69 Å². The van der Waals surface area contributed by atoms with Crippen molar-refractivity contribution in [2.75, 3.05) is 19.0 Å². The van der Waals surface area contributed by atoms with E-state index in [1.807, 2.05) is 37.2 Å². The average Bonchev–Trinajstić information content (AvgIpc) is 2.38. The highest BCUT2D eigenvalue weighted by atomic mass is 127. The molecule has 0 bridgehead atoms. The van der Waals surface area contributed by atoms with Gasteiger partial charge in [0.15, 0.2) is 0 Å². The number of hydrogen-bond acceptors (Lipinski definition) is 4. The van der Waals surface area contributed by atoms with Gasteiger partial charge in [0.25, 0.3) is 5.69 Å². The van der Waals surface area contributed by atoms with Gasteiger partial charge in [0.1, 0.15) is 11.5 Å². The molecular formula is C14H13IN2O3. The van der Waals surface area contributed by atoms with Crippen LogP contribution in [0.25, 0.3) is 0 Å². The van der Waals surface area contributed by atoms with Gasteiger partial charge in [0, 0.05) is 41.6 Å². The lowest BCUT2D eigenvalue weighted by Gasteiger charge is -2.15. The van der Waals surface area contributed by atoms with E-state index >= 15 is 0 Å². The second-order valence-electron chi connectivity index (χ2n) is 4.39. The minimum atomic E-state index is -0.431. The molecule has 2 aromatic rings. The van der Waals surface area contributed by atoms with Crippen molar-refractivity contribution in [2.24, 2.45) is 0 Å². The molecule has 104 valence electrons. The summed E-state index contributed by atoms with van der Waals surface area (Å²) in [4.78, 5) is 12.2. The van der Waals surface area contributed by atoms with E-state index < -0.39 is 4.92 Å². The van der Waals surface area contributed by atoms with Crippen molar-refractivity contribution < 1.29 is 9.66 Å². The first-order valence-electron chi connectivity index (χ1n) is 5.86. The Balaban J connectivity index is 2.23. The molecule has 0 amide bonds. The summed E-state index contributed by atoms with van der Waals surface area (Å²) >= 11 is 2.23. The fourth-order valence-electron chi connectivity index (χ4n) is 1.64. The number of anilines is 1. The maximum absolute atomic E-state index is 10.6. The van der Waals surface area contributed by atoms with Crippen molar-refractivity contribution in [1.29, 1.82) is 0 Å². The molecule has 0 aliphatic rings. The number of non-ortho nitro benzene ring substituents is 1. The largest absolute Gasteiger partial charge is 0.457 e. The summed E-state index contributed by atoms with van der Waals surface area (Å²) in [5.74, 6) is 1.27. The maximum Gasteiger partial charge on any atom is 0.269 e. The summed E-state index contributed by atoms with van der Waals surface area (Å²) in [6, 6.07) is 11.9. The molecule has 0 aliphatic heterocycles. The van der Waals surface area contributed by atoms with E-state index in [4.69, 9.17) is 4.74 Å². The summed E-state index contributed by atoms with van der Waals surface area (Å²) in [5.41, 5.74) is 1.09. The van der Waals surface area contributed by atoms with Crippen LogP contribution in [-0.4, -0.2) is 19.0 Å². The van der Waals surface area contributed by atoms with Crippen molar-refractivity contribution in [2.45, 2.75) is 0 Å². The van der Waals surface area contributed by atoms with Crippen LogP contribution in [0, 0.1) is 13.7 Å². The van der Waals surface area contributed by atoms with Crippen LogP contribution < -0.4 is 9.64 Å². The fraction of sp³-hybridized carbons (Fsp3) is 0.143. The summed E-state index contributed by atoms with van der Waals surface area (Å²) in [5, 5.41) is 10.6. The van der Waals surface area contributed by atoms with Crippen LogP contribution in [0.5, 0.6) is 11.5 Å². The summed E-state index contributed by atoms with van der Waals surface area (Å²) in [6.45, 7) is 0. The number of ether oxygens (including phenoxy) is 1. The van der Waals surface area contributed by atoms with Gasteiger partial charge < -0.3 is 9.64 Å². The van der Waals surface area contributed by atoms with Crippen molar-refractivity contribution in [1.82, 2.24) is 0 Å². The van der Waals surface area contributed by atoms with Gasteiger partial charge in [-0.05, 0) is 46.9 Å². The highest BCUT2D eigenvalue weighted by molar-refractivity contribution is 14.1. The highest BCUT2D eigenvalue weighted by Gasteiger charge is 2.07. The SMILES string of the molecule is CN(C)c1cc(I)cc(Oc2ccc([N+](=O)[O-])cc2)c1. The van der Waals surface area contributed by atoms with Gasteiger partial charge in [-0.15, -0.1) is 0 Å². The van der Waals surface area contributed by atoms with Crippen LogP contribution in [0.3, 0.4) is 0 Å². The molecule has 0 heterocycles. The number of hydrogen-bond donors (Lipinski definition) is 0. The smallest absolute Gasteiger partial charge is 0.269 e. The molecule has 0 atom stereocenters. The monoisotopic (exact) mass is 384 g/mol. The highest BCUT2D eigenvalue weighted by Crippen LogP contribution is 2.29. The second kappa shape index (κ2) is 6.08. The van der Waals surface area contributed by atoms with Gasteiger partial charge in [-0.2, -0.15) is 0 Å². The van der Waals surface area contributed by atoms with Crippen molar-refractivity contribution in [3.05, 3.63) is 56.1 Å².